The van der Waals surface area contributed by atoms with Gasteiger partial charge < -0.3 is 15.1 Å². The summed E-state index contributed by atoms with van der Waals surface area (Å²) in [5.41, 5.74) is 0. The number of anilines is 1. The number of hydrogen-bond donors (Lipinski definition) is 2. The maximum atomic E-state index is 12.0. The monoisotopic (exact) mass is 372 g/mol. The highest BCUT2D eigenvalue weighted by Gasteiger charge is 2.15. The SMILES string of the molecule is CCN(CC)c1cc(Cl)nc(SCC(=O)NCC[NH+]2CCCC2)n1. The fourth-order valence-corrected chi connectivity index (χ4v) is 3.76. The average Bonchev–Trinajstić information content (AvgIpc) is 3.07. The van der Waals surface area contributed by atoms with Crippen molar-refractivity contribution in [3.05, 3.63) is 11.2 Å². The lowest BCUT2D eigenvalue weighted by Crippen LogP contribution is -3.10. The van der Waals surface area contributed by atoms with Crippen LogP contribution in [-0.4, -0.2) is 60.9 Å². The molecule has 8 heteroatoms. The van der Waals surface area contributed by atoms with Crippen molar-refractivity contribution in [2.45, 2.75) is 31.8 Å². The molecule has 1 fully saturated rings. The van der Waals surface area contributed by atoms with Crippen LogP contribution in [0.15, 0.2) is 11.2 Å². The second-order valence-corrected chi connectivity index (χ2v) is 7.18. The van der Waals surface area contributed by atoms with E-state index in [4.69, 9.17) is 11.6 Å². The fourth-order valence-electron chi connectivity index (χ4n) is 2.84. The number of carbonyl (C=O) groups excluding carboxylic acids is 1. The Hall–Kier alpha value is -1.05. The molecule has 1 amide bonds. The first-order valence-corrected chi connectivity index (χ1v) is 10.0. The van der Waals surface area contributed by atoms with Gasteiger partial charge in [-0.05, 0) is 13.8 Å². The van der Waals surface area contributed by atoms with Crippen molar-refractivity contribution in [3.63, 3.8) is 0 Å². The van der Waals surface area contributed by atoms with E-state index in [9.17, 15) is 4.79 Å². The van der Waals surface area contributed by atoms with Crippen molar-refractivity contribution in [3.8, 4) is 0 Å². The Labute approximate surface area is 153 Å². The molecule has 0 spiro atoms. The molecule has 134 valence electrons. The quantitative estimate of drug-likeness (QED) is 0.382. The van der Waals surface area contributed by atoms with Crippen molar-refractivity contribution in [2.75, 3.05) is 49.9 Å². The second-order valence-electron chi connectivity index (χ2n) is 5.85. The first-order valence-electron chi connectivity index (χ1n) is 8.65. The Balaban J connectivity index is 1.78. The minimum Gasteiger partial charge on any atom is -0.357 e. The lowest BCUT2D eigenvalue weighted by atomic mass is 10.4. The predicted molar refractivity (Wildman–Crippen MR) is 99.1 cm³/mol. The first kappa shape index (κ1) is 19.3. The maximum Gasteiger partial charge on any atom is 0.230 e. The van der Waals surface area contributed by atoms with Crippen molar-refractivity contribution in [1.29, 1.82) is 0 Å². The number of hydrogen-bond acceptors (Lipinski definition) is 5. The van der Waals surface area contributed by atoms with Crippen LogP contribution < -0.4 is 15.1 Å². The molecule has 2 rings (SSSR count). The molecule has 0 aromatic carbocycles. The van der Waals surface area contributed by atoms with Gasteiger partial charge in [-0.2, -0.15) is 0 Å². The number of aromatic nitrogens is 2. The van der Waals surface area contributed by atoms with Crippen molar-refractivity contribution < 1.29 is 9.69 Å². The summed E-state index contributed by atoms with van der Waals surface area (Å²) in [6, 6.07) is 1.76. The Morgan fingerprint density at radius 1 is 1.33 bits per heavy atom. The number of rotatable bonds is 9. The Bertz CT molecular complexity index is 535. The molecule has 0 atom stereocenters. The van der Waals surface area contributed by atoms with E-state index in [1.165, 1.54) is 37.7 Å². The highest BCUT2D eigenvalue weighted by molar-refractivity contribution is 7.99. The predicted octanol–water partition coefficient (Wildman–Crippen LogP) is 0.863. The van der Waals surface area contributed by atoms with E-state index >= 15 is 0 Å². The summed E-state index contributed by atoms with van der Waals surface area (Å²) in [6.07, 6.45) is 2.61. The van der Waals surface area contributed by atoms with E-state index in [1.807, 2.05) is 0 Å². The van der Waals surface area contributed by atoms with Crippen molar-refractivity contribution in [2.24, 2.45) is 0 Å². The molecule has 1 aliphatic rings. The number of halogens is 1. The van der Waals surface area contributed by atoms with Crippen LogP contribution in [0.3, 0.4) is 0 Å². The number of quaternary nitrogens is 1. The Morgan fingerprint density at radius 2 is 2.04 bits per heavy atom. The van der Waals surface area contributed by atoms with Gasteiger partial charge in [0.25, 0.3) is 0 Å². The number of thioether (sulfide) groups is 1. The summed E-state index contributed by atoms with van der Waals surface area (Å²) in [5.74, 6) is 1.14. The zero-order chi connectivity index (χ0) is 17.4. The van der Waals surface area contributed by atoms with Crippen LogP contribution in [0.2, 0.25) is 5.15 Å². The smallest absolute Gasteiger partial charge is 0.230 e. The topological polar surface area (TPSA) is 62.6 Å². The molecule has 0 saturated carbocycles. The van der Waals surface area contributed by atoms with Gasteiger partial charge in [0, 0.05) is 32.0 Å². The highest BCUT2D eigenvalue weighted by Crippen LogP contribution is 2.21. The molecule has 1 aromatic rings. The molecule has 1 aliphatic heterocycles. The van der Waals surface area contributed by atoms with E-state index < -0.39 is 0 Å². The lowest BCUT2D eigenvalue weighted by molar-refractivity contribution is -0.886. The van der Waals surface area contributed by atoms with E-state index in [1.54, 1.807) is 11.0 Å². The Kier molecular flexibility index (Phi) is 8.08. The van der Waals surface area contributed by atoms with Crippen LogP contribution in [0.5, 0.6) is 0 Å². The van der Waals surface area contributed by atoms with Gasteiger partial charge in [-0.15, -0.1) is 0 Å². The summed E-state index contributed by atoms with van der Waals surface area (Å²) in [4.78, 5) is 24.4. The third-order valence-corrected chi connectivity index (χ3v) is 5.23. The van der Waals surface area contributed by atoms with Gasteiger partial charge in [-0.3, -0.25) is 4.79 Å². The minimum absolute atomic E-state index is 0.0200. The van der Waals surface area contributed by atoms with Crippen LogP contribution in [0, 0.1) is 0 Å². The molecule has 0 unspecified atom stereocenters. The summed E-state index contributed by atoms with van der Waals surface area (Å²) >= 11 is 7.41. The molecule has 6 nitrogen and oxygen atoms in total. The molecule has 0 aliphatic carbocycles. The zero-order valence-electron chi connectivity index (χ0n) is 14.5. The third-order valence-electron chi connectivity index (χ3n) is 4.19. The van der Waals surface area contributed by atoms with E-state index in [0.29, 0.717) is 16.1 Å². The highest BCUT2D eigenvalue weighted by atomic mass is 35.5. The van der Waals surface area contributed by atoms with Gasteiger partial charge in [0.05, 0.1) is 31.9 Å². The van der Waals surface area contributed by atoms with Crippen LogP contribution in [-0.2, 0) is 4.79 Å². The summed E-state index contributed by atoms with van der Waals surface area (Å²) < 4.78 is 0. The minimum atomic E-state index is 0.0200. The van der Waals surface area contributed by atoms with Gasteiger partial charge in [0.2, 0.25) is 5.91 Å². The van der Waals surface area contributed by atoms with Gasteiger partial charge in [0.1, 0.15) is 11.0 Å². The largest absolute Gasteiger partial charge is 0.357 e. The van der Waals surface area contributed by atoms with Crippen LogP contribution in [0.1, 0.15) is 26.7 Å². The first-order chi connectivity index (χ1) is 11.6. The van der Waals surface area contributed by atoms with Crippen molar-refractivity contribution in [1.82, 2.24) is 15.3 Å². The second kappa shape index (κ2) is 10.1. The van der Waals surface area contributed by atoms with Gasteiger partial charge in [0.15, 0.2) is 5.16 Å². The molecule has 1 aromatic heterocycles. The molecule has 2 heterocycles. The average molecular weight is 373 g/mol. The number of amides is 1. The third kappa shape index (κ3) is 6.11. The molecular weight excluding hydrogens is 346 g/mol. The summed E-state index contributed by atoms with van der Waals surface area (Å²) in [7, 11) is 0. The standard InChI is InChI=1S/C16H26ClN5OS/c1-3-22(4-2)14-11-13(17)19-16(20-14)24-12-15(23)18-7-10-21-8-5-6-9-21/h11H,3-10,12H2,1-2H3,(H,18,23)/p+1. The molecular formula is C16H27ClN5OS+. The lowest BCUT2D eigenvalue weighted by Gasteiger charge is -2.20. The van der Waals surface area contributed by atoms with E-state index in [-0.39, 0.29) is 5.91 Å². The molecule has 1 saturated heterocycles. The summed E-state index contributed by atoms with van der Waals surface area (Å²) in [5, 5.41) is 3.93. The molecule has 24 heavy (non-hydrogen) atoms. The van der Waals surface area contributed by atoms with Crippen LogP contribution in [0.4, 0.5) is 5.82 Å². The van der Waals surface area contributed by atoms with Gasteiger partial charge in [-0.25, -0.2) is 9.97 Å². The van der Waals surface area contributed by atoms with Gasteiger partial charge >= 0.3 is 0 Å². The summed E-state index contributed by atoms with van der Waals surface area (Å²) in [6.45, 7) is 10.1. The molecule has 0 bridgehead atoms. The normalized spacial score (nSPS) is 14.8. The van der Waals surface area contributed by atoms with E-state index in [0.717, 1.165) is 32.0 Å². The zero-order valence-corrected chi connectivity index (χ0v) is 16.0. The molecule has 0 radical (unpaired) electrons. The van der Waals surface area contributed by atoms with Crippen LogP contribution in [0.25, 0.3) is 0 Å². The Morgan fingerprint density at radius 3 is 2.71 bits per heavy atom. The van der Waals surface area contributed by atoms with Crippen LogP contribution >= 0.6 is 23.4 Å². The van der Waals surface area contributed by atoms with E-state index in [2.05, 4.69) is 34.0 Å². The van der Waals surface area contributed by atoms with Crippen molar-refractivity contribution >= 4 is 35.1 Å². The van der Waals surface area contributed by atoms with Gasteiger partial charge in [-0.1, -0.05) is 23.4 Å². The number of nitrogens with zero attached hydrogens (tertiary/aromatic N) is 3. The number of carbonyl (C=O) groups is 1. The number of nitrogens with one attached hydrogen (secondary N) is 2. The molecule has 2 N–H and O–H groups in total. The fraction of sp³-hybridized carbons (Fsp3) is 0.688. The number of likely N-dealkylation sites (tertiary alicyclic amines) is 1. The maximum absolute atomic E-state index is 12.0.